The van der Waals surface area contributed by atoms with Gasteiger partial charge in [-0.25, -0.2) is 9.50 Å². The molecule has 4 heterocycles. The van der Waals surface area contributed by atoms with E-state index < -0.39 is 0 Å². The minimum atomic E-state index is 0.396. The van der Waals surface area contributed by atoms with Crippen LogP contribution in [0.2, 0.25) is 0 Å². The fourth-order valence-electron chi connectivity index (χ4n) is 3.47. The van der Waals surface area contributed by atoms with Gasteiger partial charge in [0.25, 0.3) is 0 Å². The molecule has 25 heavy (non-hydrogen) atoms. The van der Waals surface area contributed by atoms with Gasteiger partial charge in [0, 0.05) is 18.7 Å². The first-order chi connectivity index (χ1) is 12.3. The fourth-order valence-corrected chi connectivity index (χ4v) is 3.47. The van der Waals surface area contributed by atoms with Crippen molar-refractivity contribution in [1.29, 1.82) is 0 Å². The summed E-state index contributed by atoms with van der Waals surface area (Å²) in [5.74, 6) is 1.39. The molecule has 0 spiro atoms. The van der Waals surface area contributed by atoms with Crippen LogP contribution in [0.25, 0.3) is 27.9 Å². The van der Waals surface area contributed by atoms with E-state index in [0.29, 0.717) is 11.4 Å². The first-order valence-electron chi connectivity index (χ1n) is 8.55. The SMILES string of the molecule is Nc1noc2ccc(-c3cnc4ccc(N5CCCCC5)nn34)cc12. The molecule has 0 bridgehead atoms. The molecule has 1 saturated heterocycles. The van der Waals surface area contributed by atoms with Gasteiger partial charge in [-0.05, 0) is 49.6 Å². The summed E-state index contributed by atoms with van der Waals surface area (Å²) in [7, 11) is 0. The van der Waals surface area contributed by atoms with Gasteiger partial charge in [0.05, 0.1) is 17.3 Å². The topological polar surface area (TPSA) is 85.5 Å². The zero-order chi connectivity index (χ0) is 16.8. The van der Waals surface area contributed by atoms with Crippen molar-refractivity contribution in [2.45, 2.75) is 19.3 Å². The summed E-state index contributed by atoms with van der Waals surface area (Å²) >= 11 is 0. The first-order valence-corrected chi connectivity index (χ1v) is 8.55. The van der Waals surface area contributed by atoms with Crippen molar-refractivity contribution in [2.75, 3.05) is 23.7 Å². The molecule has 0 saturated carbocycles. The number of piperidine rings is 1. The Morgan fingerprint density at radius 3 is 2.80 bits per heavy atom. The zero-order valence-corrected chi connectivity index (χ0v) is 13.7. The van der Waals surface area contributed by atoms with E-state index in [1.807, 2.05) is 35.0 Å². The third-order valence-corrected chi connectivity index (χ3v) is 4.82. The lowest BCUT2D eigenvalue weighted by Crippen LogP contribution is -2.30. The van der Waals surface area contributed by atoms with Crippen molar-refractivity contribution < 1.29 is 4.52 Å². The average molecular weight is 334 g/mol. The molecular formula is C18H18N6O. The Morgan fingerprint density at radius 1 is 1.04 bits per heavy atom. The standard InChI is InChI=1S/C18H18N6O/c19-18-13-10-12(4-5-15(13)25-22-18)14-11-20-16-6-7-17(21-24(14)16)23-8-2-1-3-9-23/h4-7,10-11H,1-3,8-9H2,(H2,19,22). The minimum Gasteiger partial charge on any atom is -0.380 e. The van der Waals surface area contributed by atoms with Crippen LogP contribution in [0.15, 0.2) is 41.1 Å². The van der Waals surface area contributed by atoms with Crippen LogP contribution in [0, 0.1) is 0 Å². The molecule has 7 nitrogen and oxygen atoms in total. The molecule has 1 aliphatic rings. The van der Waals surface area contributed by atoms with Crippen molar-refractivity contribution in [2.24, 2.45) is 0 Å². The van der Waals surface area contributed by atoms with E-state index in [0.717, 1.165) is 41.2 Å². The number of nitrogens with zero attached hydrogens (tertiary/aromatic N) is 5. The summed E-state index contributed by atoms with van der Waals surface area (Å²) in [6.07, 6.45) is 5.59. The monoisotopic (exact) mass is 334 g/mol. The van der Waals surface area contributed by atoms with E-state index in [2.05, 4.69) is 21.1 Å². The Morgan fingerprint density at radius 2 is 1.92 bits per heavy atom. The summed E-state index contributed by atoms with van der Waals surface area (Å²) in [5.41, 5.74) is 9.30. The molecule has 7 heteroatoms. The average Bonchev–Trinajstić information content (AvgIpc) is 3.25. The quantitative estimate of drug-likeness (QED) is 0.606. The molecular weight excluding hydrogens is 316 g/mol. The Balaban J connectivity index is 1.63. The van der Waals surface area contributed by atoms with Gasteiger partial charge in [-0.1, -0.05) is 5.16 Å². The van der Waals surface area contributed by atoms with Crippen LogP contribution < -0.4 is 10.6 Å². The van der Waals surface area contributed by atoms with Crippen LogP contribution in [0.1, 0.15) is 19.3 Å². The second-order valence-electron chi connectivity index (χ2n) is 6.43. The Bertz CT molecular complexity index is 1060. The molecule has 0 aliphatic carbocycles. The predicted octanol–water partition coefficient (Wildman–Crippen LogP) is 3.11. The van der Waals surface area contributed by atoms with Gasteiger partial charge >= 0.3 is 0 Å². The van der Waals surface area contributed by atoms with E-state index in [9.17, 15) is 0 Å². The van der Waals surface area contributed by atoms with E-state index >= 15 is 0 Å². The molecule has 5 rings (SSSR count). The number of nitrogens with two attached hydrogens (primary N) is 1. The van der Waals surface area contributed by atoms with Gasteiger partial charge in [-0.2, -0.15) is 0 Å². The molecule has 0 atom stereocenters. The first kappa shape index (κ1) is 14.3. The van der Waals surface area contributed by atoms with Crippen LogP contribution in [0.3, 0.4) is 0 Å². The lowest BCUT2D eigenvalue weighted by atomic mass is 10.1. The van der Waals surface area contributed by atoms with Crippen LogP contribution in [-0.4, -0.2) is 32.8 Å². The number of imidazole rings is 1. The van der Waals surface area contributed by atoms with Gasteiger partial charge < -0.3 is 15.2 Å². The molecule has 4 aromatic rings. The van der Waals surface area contributed by atoms with Crippen LogP contribution in [-0.2, 0) is 0 Å². The third-order valence-electron chi connectivity index (χ3n) is 4.82. The molecule has 0 unspecified atom stereocenters. The van der Waals surface area contributed by atoms with Crippen LogP contribution >= 0.6 is 0 Å². The zero-order valence-electron chi connectivity index (χ0n) is 13.7. The molecule has 0 radical (unpaired) electrons. The van der Waals surface area contributed by atoms with Crippen molar-refractivity contribution in [3.63, 3.8) is 0 Å². The van der Waals surface area contributed by atoms with Crippen molar-refractivity contribution in [1.82, 2.24) is 19.8 Å². The Kier molecular flexibility index (Phi) is 3.12. The molecule has 0 amide bonds. The summed E-state index contributed by atoms with van der Waals surface area (Å²) in [5, 5.41) is 9.45. The lowest BCUT2D eigenvalue weighted by Gasteiger charge is -2.27. The Labute approximate surface area is 144 Å². The highest BCUT2D eigenvalue weighted by Gasteiger charge is 2.15. The van der Waals surface area contributed by atoms with Gasteiger partial charge in [0.1, 0.15) is 5.82 Å². The highest BCUT2D eigenvalue weighted by Crippen LogP contribution is 2.28. The highest BCUT2D eigenvalue weighted by atomic mass is 16.5. The molecule has 1 aliphatic heterocycles. The van der Waals surface area contributed by atoms with Crippen LogP contribution in [0.4, 0.5) is 11.6 Å². The highest BCUT2D eigenvalue weighted by molar-refractivity contribution is 5.90. The molecule has 1 fully saturated rings. The summed E-state index contributed by atoms with van der Waals surface area (Å²) in [6, 6.07) is 9.90. The number of anilines is 2. The fraction of sp³-hybridized carbons (Fsp3) is 0.278. The second-order valence-corrected chi connectivity index (χ2v) is 6.43. The van der Waals surface area contributed by atoms with Crippen molar-refractivity contribution >= 4 is 28.3 Å². The normalized spacial score (nSPS) is 15.3. The Hall–Kier alpha value is -3.09. The van der Waals surface area contributed by atoms with Gasteiger partial charge in [0.2, 0.25) is 0 Å². The van der Waals surface area contributed by atoms with E-state index in [-0.39, 0.29) is 0 Å². The molecule has 1 aromatic carbocycles. The number of nitrogen functional groups attached to an aromatic ring is 1. The largest absolute Gasteiger partial charge is 0.380 e. The maximum atomic E-state index is 5.88. The minimum absolute atomic E-state index is 0.396. The van der Waals surface area contributed by atoms with E-state index in [1.54, 1.807) is 0 Å². The maximum absolute atomic E-state index is 5.88. The second kappa shape index (κ2) is 5.47. The number of benzene rings is 1. The van der Waals surface area contributed by atoms with Crippen molar-refractivity contribution in [3.8, 4) is 11.3 Å². The number of aromatic nitrogens is 4. The van der Waals surface area contributed by atoms with E-state index in [4.69, 9.17) is 15.4 Å². The van der Waals surface area contributed by atoms with E-state index in [1.165, 1.54) is 19.3 Å². The van der Waals surface area contributed by atoms with Crippen LogP contribution in [0.5, 0.6) is 0 Å². The van der Waals surface area contributed by atoms with Gasteiger partial charge in [-0.3, -0.25) is 0 Å². The summed E-state index contributed by atoms with van der Waals surface area (Å²) < 4.78 is 7.08. The number of hydrogen-bond acceptors (Lipinski definition) is 6. The predicted molar refractivity (Wildman–Crippen MR) is 96.5 cm³/mol. The summed E-state index contributed by atoms with van der Waals surface area (Å²) in [6.45, 7) is 2.12. The smallest absolute Gasteiger partial charge is 0.174 e. The molecule has 126 valence electrons. The maximum Gasteiger partial charge on any atom is 0.174 e. The van der Waals surface area contributed by atoms with Gasteiger partial charge in [-0.15, -0.1) is 5.10 Å². The number of hydrogen-bond donors (Lipinski definition) is 1. The molecule has 3 aromatic heterocycles. The summed E-state index contributed by atoms with van der Waals surface area (Å²) in [4.78, 5) is 6.82. The third kappa shape index (κ3) is 2.31. The molecule has 2 N–H and O–H groups in total. The van der Waals surface area contributed by atoms with Gasteiger partial charge in [0.15, 0.2) is 17.0 Å². The van der Waals surface area contributed by atoms with Crippen molar-refractivity contribution in [3.05, 3.63) is 36.5 Å². The lowest BCUT2D eigenvalue weighted by molar-refractivity contribution is 0.460. The number of rotatable bonds is 2. The number of fused-ring (bicyclic) bond motifs is 2.